The van der Waals surface area contributed by atoms with Crippen LogP contribution in [0.3, 0.4) is 0 Å². The number of halogens is 1. The molecule has 158 valence electrons. The molecule has 0 amide bonds. The van der Waals surface area contributed by atoms with Crippen LogP contribution in [0.1, 0.15) is 43.6 Å². The van der Waals surface area contributed by atoms with Gasteiger partial charge in [0.15, 0.2) is 8.32 Å². The molecule has 0 unspecified atom stereocenters. The first-order valence-corrected chi connectivity index (χ1v) is 14.2. The summed E-state index contributed by atoms with van der Waals surface area (Å²) in [5.41, 5.74) is -6.25. The Morgan fingerprint density at radius 3 is 1.73 bits per heavy atom. The number of nitrogens with zero attached hydrogens (tertiary/aromatic N) is 1. The molecule has 0 atom stereocenters. The number of alkyl halides is 1. The van der Waals surface area contributed by atoms with Gasteiger partial charge < -0.3 is 9.53 Å². The van der Waals surface area contributed by atoms with Crippen LogP contribution in [0.25, 0.3) is 0 Å². The standard InChI is InChI=1S/C9H22O3SSi.C4H7NO2S.C2H5BrO/c1-9(2,3)14(5,6)12-7-8-13(4,10)11;1-8(6,7)4-2-3-5;3-1-2-4/h7-8H2,1-6H3;2,4H2,1H3;4H,1-2H2/i7D2,8D2;2D2,4D2;1D2,2D2. The van der Waals surface area contributed by atoms with E-state index in [1.165, 1.54) is 0 Å². The van der Waals surface area contributed by atoms with Crippen LogP contribution in [0.15, 0.2) is 0 Å². The van der Waals surface area contributed by atoms with Crippen molar-refractivity contribution in [2.45, 2.75) is 45.3 Å². The number of sulfone groups is 2. The first-order valence-electron chi connectivity index (χ1n) is 12.7. The molecule has 0 spiro atoms. The molecule has 26 heavy (non-hydrogen) atoms. The molecule has 0 saturated carbocycles. The van der Waals surface area contributed by atoms with E-state index in [0.717, 1.165) is 6.07 Å². The third-order valence-corrected chi connectivity index (χ3v) is 8.00. The van der Waals surface area contributed by atoms with Crippen LogP contribution < -0.4 is 0 Å². The van der Waals surface area contributed by atoms with Gasteiger partial charge in [0, 0.05) is 41.7 Å². The van der Waals surface area contributed by atoms with Gasteiger partial charge in [0.1, 0.15) is 19.7 Å². The number of hydrogen-bond acceptors (Lipinski definition) is 7. The van der Waals surface area contributed by atoms with Gasteiger partial charge in [0.05, 0.1) is 29.5 Å². The molecule has 0 aliphatic rings. The molecule has 0 rings (SSSR count). The van der Waals surface area contributed by atoms with E-state index in [0.29, 0.717) is 12.5 Å². The van der Waals surface area contributed by atoms with E-state index in [4.69, 9.17) is 31.2 Å². The molecule has 1 N–H and O–H groups in total. The highest BCUT2D eigenvalue weighted by Gasteiger charge is 2.37. The summed E-state index contributed by atoms with van der Waals surface area (Å²) in [6.45, 7) is 3.39. The molecular formula is C15H34BrNO6S2Si. The lowest BCUT2D eigenvalue weighted by Crippen LogP contribution is -2.41. The van der Waals surface area contributed by atoms with E-state index in [1.54, 1.807) is 13.1 Å². The first kappa shape index (κ1) is 13.3. The molecule has 0 aromatic rings. The lowest BCUT2D eigenvalue weighted by Gasteiger charge is -2.36. The van der Waals surface area contributed by atoms with Crippen molar-refractivity contribution in [3.05, 3.63) is 0 Å². The molecule has 0 bridgehead atoms. The minimum absolute atomic E-state index is 0.339. The summed E-state index contributed by atoms with van der Waals surface area (Å²) < 4.78 is 133. The second-order valence-corrected chi connectivity index (χ2v) is 14.8. The third-order valence-electron chi connectivity index (χ3n) is 2.67. The van der Waals surface area contributed by atoms with Crippen LogP contribution in [0, 0.1) is 11.3 Å². The molecule has 0 aromatic heterocycles. The van der Waals surface area contributed by atoms with Crippen molar-refractivity contribution in [3.63, 3.8) is 0 Å². The monoisotopic (exact) mass is 507 g/mol. The average Bonchev–Trinajstić information content (AvgIpc) is 2.56. The molecule has 0 aromatic carbocycles. The zero-order chi connectivity index (χ0) is 32.4. The molecule has 0 fully saturated rings. The van der Waals surface area contributed by atoms with Crippen LogP contribution in [-0.4, -0.2) is 72.6 Å². The normalized spacial score (nSPS) is 22.3. The zero-order valence-electron chi connectivity index (χ0n) is 27.6. The van der Waals surface area contributed by atoms with Gasteiger partial charge in [-0.25, -0.2) is 16.8 Å². The van der Waals surface area contributed by atoms with E-state index < -0.39 is 64.2 Å². The van der Waals surface area contributed by atoms with Crippen LogP contribution in [-0.2, 0) is 24.1 Å². The second-order valence-electron chi connectivity index (χ2n) is 6.16. The lowest BCUT2D eigenvalue weighted by atomic mass is 10.2. The fourth-order valence-electron chi connectivity index (χ4n) is 0.493. The summed E-state index contributed by atoms with van der Waals surface area (Å²) >= 11 is 2.31. The Hall–Kier alpha value is 0.00688. The average molecular weight is 509 g/mol. The van der Waals surface area contributed by atoms with Crippen molar-refractivity contribution in [2.24, 2.45) is 0 Å². The van der Waals surface area contributed by atoms with Gasteiger partial charge >= 0.3 is 0 Å². The van der Waals surface area contributed by atoms with Crippen LogP contribution in [0.5, 0.6) is 0 Å². The van der Waals surface area contributed by atoms with Crippen molar-refractivity contribution in [1.82, 2.24) is 0 Å². The highest BCUT2D eigenvalue weighted by atomic mass is 79.9. The summed E-state index contributed by atoms with van der Waals surface area (Å²) in [6.07, 6.45) is -1.82. The number of nitriles is 1. The molecular weight excluding hydrogens is 462 g/mol. The Bertz CT molecular complexity index is 1050. The van der Waals surface area contributed by atoms with Crippen molar-refractivity contribution in [2.75, 3.05) is 42.3 Å². The molecule has 0 radical (unpaired) electrons. The van der Waals surface area contributed by atoms with E-state index in [-0.39, 0.29) is 5.04 Å². The molecule has 0 saturated heterocycles. The van der Waals surface area contributed by atoms with Crippen LogP contribution >= 0.6 is 15.9 Å². The van der Waals surface area contributed by atoms with Crippen molar-refractivity contribution in [1.29, 1.82) is 5.26 Å². The Morgan fingerprint density at radius 2 is 1.54 bits per heavy atom. The Morgan fingerprint density at radius 1 is 1.15 bits per heavy atom. The molecule has 7 nitrogen and oxygen atoms in total. The number of rotatable bonds is 7. The Kier molecular flexibility index (Phi) is 7.18. The highest BCUT2D eigenvalue weighted by molar-refractivity contribution is 9.09. The van der Waals surface area contributed by atoms with Crippen LogP contribution in [0.2, 0.25) is 18.1 Å². The van der Waals surface area contributed by atoms with Gasteiger partial charge in [-0.2, -0.15) is 5.26 Å². The summed E-state index contributed by atoms with van der Waals surface area (Å²) in [5.74, 6) is 0. The van der Waals surface area contributed by atoms with E-state index in [1.807, 2.05) is 20.8 Å². The van der Waals surface area contributed by atoms with E-state index in [9.17, 15) is 16.8 Å². The van der Waals surface area contributed by atoms with Gasteiger partial charge in [-0.3, -0.25) is 0 Å². The topological polar surface area (TPSA) is 122 Å². The zero-order valence-corrected chi connectivity index (χ0v) is 19.8. The van der Waals surface area contributed by atoms with Gasteiger partial charge in [-0.1, -0.05) is 36.7 Å². The summed E-state index contributed by atoms with van der Waals surface area (Å²) in [5, 5.41) is 13.7. The Balaban J connectivity index is -0.000000527. The predicted octanol–water partition coefficient (Wildman–Crippen LogP) is 2.37. The minimum atomic E-state index is -4.24. The summed E-state index contributed by atoms with van der Waals surface area (Å²) in [6, 6.07) is 0.967. The third kappa shape index (κ3) is 24.0. The van der Waals surface area contributed by atoms with Gasteiger partial charge in [0.25, 0.3) is 0 Å². The maximum absolute atomic E-state index is 11.4. The van der Waals surface area contributed by atoms with Gasteiger partial charge in [0.2, 0.25) is 0 Å². The molecule has 0 heterocycles. The van der Waals surface area contributed by atoms with Gasteiger partial charge in [-0.05, 0) is 18.1 Å². The largest absolute Gasteiger partial charge is 0.416 e. The SMILES string of the molecule is [2H]C([2H])(C#N)C([2H])([2H])S(C)(=O)=O.[2H]C([2H])(O)C([2H])([2H])Br.[2H]C([2H])(O[Si](C)(C)C(C)(C)C)C([2H])([2H])S(C)(=O)=O. The summed E-state index contributed by atoms with van der Waals surface area (Å²) in [4.78, 5) is 0. The Labute approximate surface area is 186 Å². The quantitative estimate of drug-likeness (QED) is 0.414. The maximum Gasteiger partial charge on any atom is 0.192 e. The van der Waals surface area contributed by atoms with Gasteiger partial charge in [-0.15, -0.1) is 0 Å². The van der Waals surface area contributed by atoms with Crippen molar-refractivity contribution in [3.8, 4) is 6.07 Å². The number of hydrogen-bond donors (Lipinski definition) is 1. The fourth-order valence-corrected chi connectivity index (χ4v) is 1.60. The molecule has 11 heteroatoms. The summed E-state index contributed by atoms with van der Waals surface area (Å²) in [7, 11) is -11.1. The first-order chi connectivity index (χ1) is 15.8. The van der Waals surface area contributed by atoms with Crippen molar-refractivity contribution < 1.29 is 42.8 Å². The lowest BCUT2D eigenvalue weighted by molar-refractivity contribution is 0.309. The van der Waals surface area contributed by atoms with Crippen LogP contribution in [0.4, 0.5) is 0 Å². The highest BCUT2D eigenvalue weighted by Crippen LogP contribution is 2.36. The molecule has 0 aliphatic carbocycles. The van der Waals surface area contributed by atoms with E-state index >= 15 is 0 Å². The van der Waals surface area contributed by atoms with Crippen molar-refractivity contribution >= 4 is 43.9 Å². The predicted molar refractivity (Wildman–Crippen MR) is 114 cm³/mol. The smallest absolute Gasteiger partial charge is 0.192 e. The second kappa shape index (κ2) is 14.1. The minimum Gasteiger partial charge on any atom is -0.416 e. The van der Waals surface area contributed by atoms with E-state index in [2.05, 4.69) is 15.9 Å². The molecule has 0 aliphatic heterocycles. The number of aliphatic hydroxyl groups is 1. The fraction of sp³-hybridized carbons (Fsp3) is 0.933. The maximum atomic E-state index is 11.4.